The van der Waals surface area contributed by atoms with Crippen LogP contribution in [0.25, 0.3) is 0 Å². The Balaban J connectivity index is 2.11. The van der Waals surface area contributed by atoms with Crippen LogP contribution in [0, 0.1) is 0 Å². The van der Waals surface area contributed by atoms with Crippen LogP contribution in [0.4, 0.5) is 5.69 Å². The average molecular weight is 238 g/mol. The molecular formula is C11H18N4O2. The van der Waals surface area contributed by atoms with Gasteiger partial charge < -0.3 is 16.2 Å². The number of aliphatic hydroxyl groups excluding tert-OH is 1. The highest BCUT2D eigenvalue weighted by molar-refractivity contribution is 5.98. The Hall–Kier alpha value is -1.56. The van der Waals surface area contributed by atoms with E-state index < -0.39 is 5.54 Å². The van der Waals surface area contributed by atoms with Crippen LogP contribution in [0.5, 0.6) is 0 Å². The molecular weight excluding hydrogens is 220 g/mol. The van der Waals surface area contributed by atoms with Gasteiger partial charge in [0.25, 0.3) is 5.91 Å². The first-order valence-electron chi connectivity index (χ1n) is 5.88. The van der Waals surface area contributed by atoms with E-state index in [0.29, 0.717) is 12.1 Å². The molecule has 1 saturated carbocycles. The summed E-state index contributed by atoms with van der Waals surface area (Å²) in [6.07, 6.45) is 3.34. The molecule has 1 aliphatic rings. The number of aryl methyl sites for hydroxylation is 1. The van der Waals surface area contributed by atoms with Gasteiger partial charge in [-0.15, -0.1) is 0 Å². The summed E-state index contributed by atoms with van der Waals surface area (Å²) in [6.45, 7) is 1.90. The van der Waals surface area contributed by atoms with Crippen molar-refractivity contribution < 1.29 is 9.90 Å². The number of nitrogen functional groups attached to an aromatic ring is 1. The number of aromatic nitrogens is 2. The minimum Gasteiger partial charge on any atom is -0.395 e. The second-order valence-corrected chi connectivity index (χ2v) is 4.56. The Labute approximate surface area is 99.6 Å². The van der Waals surface area contributed by atoms with Crippen molar-refractivity contribution in [3.8, 4) is 0 Å². The fourth-order valence-corrected chi connectivity index (χ4v) is 2.06. The number of aromatic amines is 1. The van der Waals surface area contributed by atoms with Crippen LogP contribution in [-0.2, 0) is 6.42 Å². The second kappa shape index (κ2) is 4.37. The Bertz CT molecular complexity index is 418. The van der Waals surface area contributed by atoms with E-state index in [1.54, 1.807) is 0 Å². The number of carbonyl (C=O) groups excluding carboxylic acids is 1. The number of hydrogen-bond acceptors (Lipinski definition) is 4. The molecule has 2 rings (SSSR count). The number of nitrogens with one attached hydrogen (secondary N) is 2. The van der Waals surface area contributed by atoms with Crippen molar-refractivity contribution in [2.75, 3.05) is 12.3 Å². The van der Waals surface area contributed by atoms with Gasteiger partial charge in [-0.25, -0.2) is 0 Å². The normalized spacial score (nSPS) is 17.5. The monoisotopic (exact) mass is 238 g/mol. The summed E-state index contributed by atoms with van der Waals surface area (Å²) in [5, 5.41) is 18.8. The number of H-pyrrole nitrogens is 1. The van der Waals surface area contributed by atoms with Gasteiger partial charge in [0.1, 0.15) is 0 Å². The first-order valence-corrected chi connectivity index (χ1v) is 5.88. The maximum atomic E-state index is 12.0. The zero-order valence-corrected chi connectivity index (χ0v) is 9.92. The third-order valence-corrected chi connectivity index (χ3v) is 3.44. The number of rotatable bonds is 4. The van der Waals surface area contributed by atoms with Crippen LogP contribution in [0.15, 0.2) is 0 Å². The minimum atomic E-state index is -0.463. The van der Waals surface area contributed by atoms with Crippen molar-refractivity contribution in [3.05, 3.63) is 11.4 Å². The summed E-state index contributed by atoms with van der Waals surface area (Å²) >= 11 is 0. The molecule has 6 heteroatoms. The third-order valence-electron chi connectivity index (χ3n) is 3.44. The molecule has 5 N–H and O–H groups in total. The van der Waals surface area contributed by atoms with Crippen LogP contribution < -0.4 is 11.1 Å². The molecule has 0 bridgehead atoms. The van der Waals surface area contributed by atoms with Crippen LogP contribution in [-0.4, -0.2) is 33.4 Å². The SMILES string of the molecule is CCc1[nH]nc(C(=O)NC2(CO)CCC2)c1N. The maximum Gasteiger partial charge on any atom is 0.274 e. The standard InChI is InChI=1S/C11H18N4O2/c1-2-7-8(12)9(15-14-7)10(17)13-11(6-16)4-3-5-11/h16H,2-6,12H2,1H3,(H,13,17)(H,14,15). The van der Waals surface area contributed by atoms with Gasteiger partial charge in [0.15, 0.2) is 5.69 Å². The second-order valence-electron chi connectivity index (χ2n) is 4.56. The number of amides is 1. The topological polar surface area (TPSA) is 104 Å². The molecule has 1 amide bonds. The molecule has 0 aliphatic heterocycles. The van der Waals surface area contributed by atoms with Crippen molar-refractivity contribution in [3.63, 3.8) is 0 Å². The van der Waals surface area contributed by atoms with Crippen LogP contribution in [0.1, 0.15) is 42.4 Å². The molecule has 0 unspecified atom stereocenters. The first-order chi connectivity index (χ1) is 8.12. The lowest BCUT2D eigenvalue weighted by molar-refractivity contribution is 0.0638. The predicted octanol–water partition coefficient (Wildman–Crippen LogP) is 0.199. The van der Waals surface area contributed by atoms with Crippen molar-refractivity contribution in [2.45, 2.75) is 38.1 Å². The summed E-state index contributed by atoms with van der Waals surface area (Å²) in [6, 6.07) is 0. The van der Waals surface area contributed by atoms with E-state index in [1.165, 1.54) is 0 Å². The van der Waals surface area contributed by atoms with Gasteiger partial charge >= 0.3 is 0 Å². The fourth-order valence-electron chi connectivity index (χ4n) is 2.06. The maximum absolute atomic E-state index is 12.0. The summed E-state index contributed by atoms with van der Waals surface area (Å²) in [7, 11) is 0. The zero-order valence-electron chi connectivity index (χ0n) is 9.92. The molecule has 0 aromatic carbocycles. The number of hydrogen-bond donors (Lipinski definition) is 4. The lowest BCUT2D eigenvalue weighted by atomic mass is 9.77. The molecule has 1 fully saturated rings. The fraction of sp³-hybridized carbons (Fsp3) is 0.636. The zero-order chi connectivity index (χ0) is 12.5. The van der Waals surface area contributed by atoms with E-state index in [2.05, 4.69) is 15.5 Å². The quantitative estimate of drug-likeness (QED) is 0.601. The largest absolute Gasteiger partial charge is 0.395 e. The van der Waals surface area contributed by atoms with Crippen molar-refractivity contribution in [1.29, 1.82) is 0 Å². The Morgan fingerprint density at radius 1 is 1.65 bits per heavy atom. The lowest BCUT2D eigenvalue weighted by Gasteiger charge is -2.40. The lowest BCUT2D eigenvalue weighted by Crippen LogP contribution is -2.56. The number of carbonyl (C=O) groups is 1. The summed E-state index contributed by atoms with van der Waals surface area (Å²) < 4.78 is 0. The van der Waals surface area contributed by atoms with Gasteiger partial charge in [0.05, 0.1) is 23.5 Å². The minimum absolute atomic E-state index is 0.0380. The highest BCUT2D eigenvalue weighted by Crippen LogP contribution is 2.31. The highest BCUT2D eigenvalue weighted by atomic mass is 16.3. The summed E-state index contributed by atoms with van der Waals surface area (Å²) in [4.78, 5) is 12.0. The molecule has 0 spiro atoms. The van der Waals surface area contributed by atoms with Gasteiger partial charge in [-0.2, -0.15) is 5.10 Å². The summed E-state index contributed by atoms with van der Waals surface area (Å²) in [5.74, 6) is -0.313. The molecule has 1 heterocycles. The van der Waals surface area contributed by atoms with E-state index in [9.17, 15) is 9.90 Å². The molecule has 1 aromatic heterocycles. The molecule has 94 valence electrons. The number of aliphatic hydroxyl groups is 1. The molecule has 1 aliphatic carbocycles. The van der Waals surface area contributed by atoms with E-state index >= 15 is 0 Å². The van der Waals surface area contributed by atoms with Crippen LogP contribution in [0.3, 0.4) is 0 Å². The number of nitrogens with zero attached hydrogens (tertiary/aromatic N) is 1. The van der Waals surface area contributed by atoms with Gasteiger partial charge in [-0.1, -0.05) is 6.92 Å². The van der Waals surface area contributed by atoms with E-state index in [1.807, 2.05) is 6.92 Å². The van der Waals surface area contributed by atoms with E-state index in [0.717, 1.165) is 25.0 Å². The molecule has 0 radical (unpaired) electrons. The predicted molar refractivity (Wildman–Crippen MR) is 63.5 cm³/mol. The van der Waals surface area contributed by atoms with Crippen molar-refractivity contribution >= 4 is 11.6 Å². The van der Waals surface area contributed by atoms with Crippen molar-refractivity contribution in [1.82, 2.24) is 15.5 Å². The Morgan fingerprint density at radius 2 is 2.35 bits per heavy atom. The van der Waals surface area contributed by atoms with E-state index in [-0.39, 0.29) is 18.2 Å². The molecule has 1 aromatic rings. The summed E-state index contributed by atoms with van der Waals surface area (Å²) in [5.41, 5.74) is 6.74. The van der Waals surface area contributed by atoms with Crippen LogP contribution in [0.2, 0.25) is 0 Å². The Morgan fingerprint density at radius 3 is 2.76 bits per heavy atom. The number of anilines is 1. The van der Waals surface area contributed by atoms with Crippen LogP contribution >= 0.6 is 0 Å². The molecule has 0 atom stereocenters. The van der Waals surface area contributed by atoms with Gasteiger partial charge in [0, 0.05) is 0 Å². The van der Waals surface area contributed by atoms with Gasteiger partial charge in [-0.3, -0.25) is 9.89 Å². The molecule has 17 heavy (non-hydrogen) atoms. The van der Waals surface area contributed by atoms with Crippen molar-refractivity contribution in [2.24, 2.45) is 0 Å². The number of nitrogens with two attached hydrogens (primary N) is 1. The third kappa shape index (κ3) is 2.00. The molecule has 0 saturated heterocycles. The molecule has 6 nitrogen and oxygen atoms in total. The van der Waals surface area contributed by atoms with Gasteiger partial charge in [0.2, 0.25) is 0 Å². The Kier molecular flexibility index (Phi) is 3.06. The highest BCUT2D eigenvalue weighted by Gasteiger charge is 2.38. The van der Waals surface area contributed by atoms with Gasteiger partial charge in [-0.05, 0) is 25.7 Å². The first kappa shape index (κ1) is 11.9. The smallest absolute Gasteiger partial charge is 0.274 e. The average Bonchev–Trinajstić information content (AvgIpc) is 2.64. The van der Waals surface area contributed by atoms with E-state index in [4.69, 9.17) is 5.73 Å².